The molecule has 0 aromatic carbocycles. The summed E-state index contributed by atoms with van der Waals surface area (Å²) in [5, 5.41) is 4.45. The summed E-state index contributed by atoms with van der Waals surface area (Å²) < 4.78 is 1.77. The molecule has 1 unspecified atom stereocenters. The standard InChI is InChI=1S/C11H21N3/c1-7(2)6-8(3)10-9(4)11(12)14(5)13-10/h7-8H,6,12H2,1-5H3. The van der Waals surface area contributed by atoms with E-state index in [1.165, 1.54) is 0 Å². The molecule has 0 bridgehead atoms. The van der Waals surface area contributed by atoms with E-state index in [-0.39, 0.29) is 0 Å². The van der Waals surface area contributed by atoms with Crippen molar-refractivity contribution in [3.63, 3.8) is 0 Å². The lowest BCUT2D eigenvalue weighted by Crippen LogP contribution is -2.01. The summed E-state index contributed by atoms with van der Waals surface area (Å²) in [6.45, 7) is 8.74. The van der Waals surface area contributed by atoms with Crippen LogP contribution in [0.3, 0.4) is 0 Å². The largest absolute Gasteiger partial charge is 0.384 e. The van der Waals surface area contributed by atoms with E-state index in [4.69, 9.17) is 5.73 Å². The number of aryl methyl sites for hydroxylation is 1. The second-order valence-electron chi connectivity index (χ2n) is 4.55. The predicted octanol–water partition coefficient (Wildman–Crippen LogP) is 2.46. The summed E-state index contributed by atoms with van der Waals surface area (Å²) in [6.07, 6.45) is 1.16. The van der Waals surface area contributed by atoms with E-state index in [1.807, 2.05) is 7.05 Å². The molecule has 0 amide bonds. The van der Waals surface area contributed by atoms with E-state index in [2.05, 4.69) is 32.8 Å². The van der Waals surface area contributed by atoms with Gasteiger partial charge in [-0.05, 0) is 19.3 Å². The van der Waals surface area contributed by atoms with Crippen molar-refractivity contribution in [1.82, 2.24) is 9.78 Å². The topological polar surface area (TPSA) is 43.8 Å². The first-order valence-corrected chi connectivity index (χ1v) is 5.22. The monoisotopic (exact) mass is 195 g/mol. The zero-order chi connectivity index (χ0) is 10.9. The maximum Gasteiger partial charge on any atom is 0.124 e. The Hall–Kier alpha value is -0.990. The number of nitrogens with two attached hydrogens (primary N) is 1. The van der Waals surface area contributed by atoms with Gasteiger partial charge in [0.05, 0.1) is 5.69 Å². The number of anilines is 1. The molecule has 3 heteroatoms. The second kappa shape index (κ2) is 4.03. The van der Waals surface area contributed by atoms with Crippen LogP contribution in [0.25, 0.3) is 0 Å². The van der Waals surface area contributed by atoms with Crippen molar-refractivity contribution in [3.8, 4) is 0 Å². The van der Waals surface area contributed by atoms with E-state index in [9.17, 15) is 0 Å². The van der Waals surface area contributed by atoms with Crippen LogP contribution in [0.5, 0.6) is 0 Å². The van der Waals surface area contributed by atoms with Crippen molar-refractivity contribution in [2.45, 2.75) is 40.0 Å². The molecule has 1 heterocycles. The molecule has 0 aliphatic carbocycles. The molecule has 0 fully saturated rings. The molecular formula is C11H21N3. The molecule has 0 spiro atoms. The number of rotatable bonds is 3. The third-order valence-corrected chi connectivity index (χ3v) is 2.67. The zero-order valence-corrected chi connectivity index (χ0v) is 9.83. The van der Waals surface area contributed by atoms with Crippen molar-refractivity contribution in [2.24, 2.45) is 13.0 Å². The molecule has 1 aromatic heterocycles. The molecule has 0 saturated carbocycles. The van der Waals surface area contributed by atoms with E-state index in [0.717, 1.165) is 23.5 Å². The SMILES string of the molecule is Cc1c(C(C)CC(C)C)nn(C)c1N. The van der Waals surface area contributed by atoms with E-state index in [0.29, 0.717) is 11.8 Å². The average molecular weight is 195 g/mol. The number of nitrogens with zero attached hydrogens (tertiary/aromatic N) is 2. The first kappa shape index (κ1) is 11.1. The average Bonchev–Trinajstić information content (AvgIpc) is 2.32. The van der Waals surface area contributed by atoms with Crippen LogP contribution in [0, 0.1) is 12.8 Å². The number of aromatic nitrogens is 2. The maximum absolute atomic E-state index is 5.87. The van der Waals surface area contributed by atoms with Gasteiger partial charge < -0.3 is 5.73 Å². The van der Waals surface area contributed by atoms with E-state index < -0.39 is 0 Å². The fourth-order valence-corrected chi connectivity index (χ4v) is 1.95. The quantitative estimate of drug-likeness (QED) is 0.805. The molecule has 2 N–H and O–H groups in total. The molecule has 0 saturated heterocycles. The number of hydrogen-bond acceptors (Lipinski definition) is 2. The zero-order valence-electron chi connectivity index (χ0n) is 9.83. The maximum atomic E-state index is 5.87. The summed E-state index contributed by atoms with van der Waals surface area (Å²) in [4.78, 5) is 0. The van der Waals surface area contributed by atoms with Gasteiger partial charge in [-0.25, -0.2) is 0 Å². The van der Waals surface area contributed by atoms with Gasteiger partial charge in [0.2, 0.25) is 0 Å². The highest BCUT2D eigenvalue weighted by Gasteiger charge is 2.16. The molecule has 1 atom stereocenters. The Morgan fingerprint density at radius 3 is 2.29 bits per heavy atom. The molecule has 1 aromatic rings. The van der Waals surface area contributed by atoms with Crippen LogP contribution >= 0.6 is 0 Å². The lowest BCUT2D eigenvalue weighted by atomic mass is 9.94. The fraction of sp³-hybridized carbons (Fsp3) is 0.727. The van der Waals surface area contributed by atoms with Crippen molar-refractivity contribution in [2.75, 3.05) is 5.73 Å². The third-order valence-electron chi connectivity index (χ3n) is 2.67. The Morgan fingerprint density at radius 2 is 1.93 bits per heavy atom. The first-order chi connectivity index (χ1) is 6.43. The second-order valence-corrected chi connectivity index (χ2v) is 4.55. The summed E-state index contributed by atoms with van der Waals surface area (Å²) in [5.74, 6) is 1.99. The van der Waals surface area contributed by atoms with Crippen LogP contribution < -0.4 is 5.73 Å². The van der Waals surface area contributed by atoms with Crippen molar-refractivity contribution < 1.29 is 0 Å². The predicted molar refractivity (Wildman–Crippen MR) is 60.2 cm³/mol. The fourth-order valence-electron chi connectivity index (χ4n) is 1.95. The lowest BCUT2D eigenvalue weighted by Gasteiger charge is -2.12. The molecule has 80 valence electrons. The van der Waals surface area contributed by atoms with Crippen LogP contribution in [-0.2, 0) is 7.05 Å². The van der Waals surface area contributed by atoms with Gasteiger partial charge in [-0.3, -0.25) is 4.68 Å². The highest BCUT2D eigenvalue weighted by molar-refractivity contribution is 5.43. The van der Waals surface area contributed by atoms with Gasteiger partial charge in [0.25, 0.3) is 0 Å². The molecule has 0 aliphatic heterocycles. The van der Waals surface area contributed by atoms with Crippen LogP contribution in [-0.4, -0.2) is 9.78 Å². The molecule has 3 nitrogen and oxygen atoms in total. The minimum atomic E-state index is 0.499. The number of hydrogen-bond donors (Lipinski definition) is 1. The summed E-state index contributed by atoms with van der Waals surface area (Å²) >= 11 is 0. The Kier molecular flexibility index (Phi) is 3.19. The van der Waals surface area contributed by atoms with Gasteiger partial charge in [0, 0.05) is 18.5 Å². The van der Waals surface area contributed by atoms with Crippen molar-refractivity contribution in [3.05, 3.63) is 11.3 Å². The Balaban J connectivity index is 2.90. The normalized spacial score (nSPS) is 13.6. The third kappa shape index (κ3) is 2.08. The Morgan fingerprint density at radius 1 is 1.36 bits per heavy atom. The van der Waals surface area contributed by atoms with Crippen LogP contribution in [0.4, 0.5) is 5.82 Å². The number of nitrogen functional groups attached to an aromatic ring is 1. The van der Waals surface area contributed by atoms with Gasteiger partial charge in [-0.2, -0.15) is 5.10 Å². The van der Waals surface area contributed by atoms with Gasteiger partial charge in [0.1, 0.15) is 5.82 Å². The summed E-state index contributed by atoms with van der Waals surface area (Å²) in [5.41, 5.74) is 8.16. The Labute approximate surface area is 86.3 Å². The van der Waals surface area contributed by atoms with Gasteiger partial charge in [-0.1, -0.05) is 20.8 Å². The minimum absolute atomic E-state index is 0.499. The van der Waals surface area contributed by atoms with Gasteiger partial charge in [0.15, 0.2) is 0 Å². The molecule has 0 radical (unpaired) electrons. The molecule has 14 heavy (non-hydrogen) atoms. The minimum Gasteiger partial charge on any atom is -0.384 e. The highest BCUT2D eigenvalue weighted by Crippen LogP contribution is 2.27. The molecular weight excluding hydrogens is 174 g/mol. The Bertz CT molecular complexity index is 313. The molecule has 1 rings (SSSR count). The first-order valence-electron chi connectivity index (χ1n) is 5.22. The smallest absolute Gasteiger partial charge is 0.124 e. The van der Waals surface area contributed by atoms with Crippen LogP contribution in [0.1, 0.15) is 44.4 Å². The van der Waals surface area contributed by atoms with E-state index >= 15 is 0 Å². The van der Waals surface area contributed by atoms with E-state index in [1.54, 1.807) is 4.68 Å². The summed E-state index contributed by atoms with van der Waals surface area (Å²) in [7, 11) is 1.90. The lowest BCUT2D eigenvalue weighted by molar-refractivity contribution is 0.510. The van der Waals surface area contributed by atoms with Crippen molar-refractivity contribution >= 4 is 5.82 Å². The van der Waals surface area contributed by atoms with Crippen LogP contribution in [0.15, 0.2) is 0 Å². The van der Waals surface area contributed by atoms with Crippen LogP contribution in [0.2, 0.25) is 0 Å². The van der Waals surface area contributed by atoms with Gasteiger partial charge in [-0.15, -0.1) is 0 Å². The molecule has 0 aliphatic rings. The van der Waals surface area contributed by atoms with Crippen molar-refractivity contribution in [1.29, 1.82) is 0 Å². The summed E-state index contributed by atoms with van der Waals surface area (Å²) in [6, 6.07) is 0. The highest BCUT2D eigenvalue weighted by atomic mass is 15.3. The van der Waals surface area contributed by atoms with Gasteiger partial charge >= 0.3 is 0 Å².